The molecular formula is C22H41NO4. The molecule has 0 aliphatic heterocycles. The van der Waals surface area contributed by atoms with Gasteiger partial charge in [0.15, 0.2) is 6.04 Å². The third kappa shape index (κ3) is 16.5. The first-order valence-electron chi connectivity index (χ1n) is 10.8. The fourth-order valence-electron chi connectivity index (χ4n) is 2.99. The number of rotatable bonds is 18. The lowest BCUT2D eigenvalue weighted by atomic mass is 10.1. The summed E-state index contributed by atoms with van der Waals surface area (Å²) in [6.07, 6.45) is 19.4. The molecule has 0 aliphatic carbocycles. The lowest BCUT2D eigenvalue weighted by Gasteiger charge is -2.16. The minimum absolute atomic E-state index is 0.305. The van der Waals surface area contributed by atoms with Crippen molar-refractivity contribution in [3.05, 3.63) is 12.2 Å². The van der Waals surface area contributed by atoms with Gasteiger partial charge in [-0.05, 0) is 39.0 Å². The largest absolute Gasteiger partial charge is 0.480 e. The number of aliphatic hydroxyl groups is 1. The molecule has 0 rings (SSSR count). The Kier molecular flexibility index (Phi) is 17.1. The Bertz CT molecular complexity index is 407. The molecule has 0 heterocycles. The van der Waals surface area contributed by atoms with Crippen LogP contribution in [0.2, 0.25) is 0 Å². The average molecular weight is 384 g/mol. The highest BCUT2D eigenvalue weighted by Crippen LogP contribution is 2.10. The number of allylic oxidation sites excluding steroid dienone is 2. The predicted octanol–water partition coefficient (Wildman–Crippen LogP) is 4.97. The highest BCUT2D eigenvalue weighted by atomic mass is 16.4. The van der Waals surface area contributed by atoms with E-state index in [4.69, 9.17) is 5.11 Å². The van der Waals surface area contributed by atoms with Gasteiger partial charge in [0, 0.05) is 6.42 Å². The molecule has 158 valence electrons. The minimum Gasteiger partial charge on any atom is -0.480 e. The number of carbonyl (C=O) groups is 2. The van der Waals surface area contributed by atoms with E-state index in [1.165, 1.54) is 58.3 Å². The summed E-state index contributed by atoms with van der Waals surface area (Å²) in [5.41, 5.74) is 0. The second-order valence-corrected chi connectivity index (χ2v) is 7.46. The molecule has 0 aromatic carbocycles. The van der Waals surface area contributed by atoms with Crippen LogP contribution < -0.4 is 5.32 Å². The molecule has 0 spiro atoms. The number of carboxylic acids is 1. The SMILES string of the molecule is CCCCCCCC/C=C\CCCCCCCC(=O)NC(C(=O)O)C(C)O. The van der Waals surface area contributed by atoms with Gasteiger partial charge in [-0.25, -0.2) is 4.79 Å². The van der Waals surface area contributed by atoms with Crippen LogP contribution in [0.25, 0.3) is 0 Å². The molecule has 3 N–H and O–H groups in total. The van der Waals surface area contributed by atoms with Crippen LogP contribution in [0.5, 0.6) is 0 Å². The van der Waals surface area contributed by atoms with Crippen LogP contribution in [0.15, 0.2) is 12.2 Å². The molecule has 5 heteroatoms. The monoisotopic (exact) mass is 383 g/mol. The van der Waals surface area contributed by atoms with Crippen molar-refractivity contribution in [3.63, 3.8) is 0 Å². The number of amides is 1. The molecular weight excluding hydrogens is 342 g/mol. The van der Waals surface area contributed by atoms with Crippen LogP contribution in [-0.4, -0.2) is 34.2 Å². The highest BCUT2D eigenvalue weighted by Gasteiger charge is 2.24. The Balaban J connectivity index is 3.45. The maximum Gasteiger partial charge on any atom is 0.328 e. The number of aliphatic hydroxyl groups excluding tert-OH is 1. The summed E-state index contributed by atoms with van der Waals surface area (Å²) in [6, 6.07) is -1.22. The summed E-state index contributed by atoms with van der Waals surface area (Å²) < 4.78 is 0. The maximum absolute atomic E-state index is 11.7. The number of hydrogen-bond acceptors (Lipinski definition) is 3. The zero-order valence-corrected chi connectivity index (χ0v) is 17.4. The Labute approximate surface area is 165 Å². The van der Waals surface area contributed by atoms with Gasteiger partial charge in [-0.3, -0.25) is 4.79 Å². The van der Waals surface area contributed by atoms with Gasteiger partial charge in [0.2, 0.25) is 5.91 Å². The van der Waals surface area contributed by atoms with Crippen molar-refractivity contribution in [1.29, 1.82) is 0 Å². The average Bonchev–Trinajstić information content (AvgIpc) is 2.62. The molecule has 27 heavy (non-hydrogen) atoms. The van der Waals surface area contributed by atoms with Gasteiger partial charge in [-0.2, -0.15) is 0 Å². The fourth-order valence-corrected chi connectivity index (χ4v) is 2.99. The first-order chi connectivity index (χ1) is 13.0. The summed E-state index contributed by atoms with van der Waals surface area (Å²) in [4.78, 5) is 22.6. The number of carboxylic acid groups (broad SMARTS) is 1. The first-order valence-corrected chi connectivity index (χ1v) is 10.8. The zero-order valence-electron chi connectivity index (χ0n) is 17.4. The smallest absolute Gasteiger partial charge is 0.328 e. The van der Waals surface area contributed by atoms with Gasteiger partial charge in [0.05, 0.1) is 6.10 Å². The lowest BCUT2D eigenvalue weighted by Crippen LogP contribution is -2.47. The normalized spacial score (nSPS) is 13.6. The summed E-state index contributed by atoms with van der Waals surface area (Å²) in [6.45, 7) is 3.61. The quantitative estimate of drug-likeness (QED) is 0.230. The van der Waals surface area contributed by atoms with Crippen LogP contribution in [0.4, 0.5) is 0 Å². The molecule has 2 unspecified atom stereocenters. The van der Waals surface area contributed by atoms with E-state index >= 15 is 0 Å². The maximum atomic E-state index is 11.7. The molecule has 0 saturated carbocycles. The number of unbranched alkanes of at least 4 members (excludes halogenated alkanes) is 11. The van der Waals surface area contributed by atoms with E-state index < -0.39 is 18.1 Å². The van der Waals surface area contributed by atoms with Crippen molar-refractivity contribution in [1.82, 2.24) is 5.32 Å². The first kappa shape index (κ1) is 25.6. The molecule has 0 bridgehead atoms. The van der Waals surface area contributed by atoms with E-state index in [0.29, 0.717) is 6.42 Å². The molecule has 5 nitrogen and oxygen atoms in total. The lowest BCUT2D eigenvalue weighted by molar-refractivity contribution is -0.144. The summed E-state index contributed by atoms with van der Waals surface area (Å²) in [7, 11) is 0. The number of nitrogens with one attached hydrogen (secondary N) is 1. The van der Waals surface area contributed by atoms with Gasteiger partial charge in [-0.15, -0.1) is 0 Å². The Hall–Kier alpha value is -1.36. The van der Waals surface area contributed by atoms with Crippen LogP contribution in [-0.2, 0) is 9.59 Å². The molecule has 0 aromatic heterocycles. The summed E-state index contributed by atoms with van der Waals surface area (Å²) in [5.74, 6) is -1.51. The molecule has 0 fully saturated rings. The Morgan fingerprint density at radius 1 is 0.852 bits per heavy atom. The standard InChI is InChI=1S/C22H41NO4/c1-3-4-5-6-7-8-9-10-11-12-13-14-15-16-17-18-20(25)23-21(19(2)24)22(26)27/h10-11,19,21,24H,3-9,12-18H2,1-2H3,(H,23,25)(H,26,27)/b11-10-. The minimum atomic E-state index is -1.22. The van der Waals surface area contributed by atoms with E-state index in [1.54, 1.807) is 0 Å². The topological polar surface area (TPSA) is 86.6 Å². The summed E-state index contributed by atoms with van der Waals surface area (Å²) >= 11 is 0. The van der Waals surface area contributed by atoms with Crippen LogP contribution >= 0.6 is 0 Å². The van der Waals surface area contributed by atoms with E-state index in [1.807, 2.05) is 0 Å². The van der Waals surface area contributed by atoms with Gasteiger partial charge in [0.1, 0.15) is 0 Å². The molecule has 0 aliphatic rings. The van der Waals surface area contributed by atoms with Crippen molar-refractivity contribution in [2.45, 2.75) is 116 Å². The third-order valence-electron chi connectivity index (χ3n) is 4.73. The van der Waals surface area contributed by atoms with Gasteiger partial charge >= 0.3 is 5.97 Å². The highest BCUT2D eigenvalue weighted by molar-refractivity contribution is 5.83. The molecule has 1 amide bonds. The Morgan fingerprint density at radius 2 is 1.33 bits per heavy atom. The Morgan fingerprint density at radius 3 is 1.81 bits per heavy atom. The van der Waals surface area contributed by atoms with Crippen molar-refractivity contribution in [2.24, 2.45) is 0 Å². The van der Waals surface area contributed by atoms with Gasteiger partial charge < -0.3 is 15.5 Å². The van der Waals surface area contributed by atoms with Crippen molar-refractivity contribution >= 4 is 11.9 Å². The van der Waals surface area contributed by atoms with Gasteiger partial charge in [0.25, 0.3) is 0 Å². The van der Waals surface area contributed by atoms with Crippen LogP contribution in [0.3, 0.4) is 0 Å². The van der Waals surface area contributed by atoms with Crippen LogP contribution in [0.1, 0.15) is 104 Å². The summed E-state index contributed by atoms with van der Waals surface area (Å²) in [5, 5.41) is 20.6. The molecule has 0 radical (unpaired) electrons. The predicted molar refractivity (Wildman–Crippen MR) is 111 cm³/mol. The second kappa shape index (κ2) is 18.0. The fraction of sp³-hybridized carbons (Fsp3) is 0.818. The third-order valence-corrected chi connectivity index (χ3v) is 4.73. The van der Waals surface area contributed by atoms with E-state index in [9.17, 15) is 14.7 Å². The van der Waals surface area contributed by atoms with Crippen molar-refractivity contribution in [3.8, 4) is 0 Å². The van der Waals surface area contributed by atoms with E-state index in [-0.39, 0.29) is 5.91 Å². The number of hydrogen-bond donors (Lipinski definition) is 3. The van der Waals surface area contributed by atoms with E-state index in [0.717, 1.165) is 32.1 Å². The van der Waals surface area contributed by atoms with E-state index in [2.05, 4.69) is 24.4 Å². The molecule has 0 saturated heterocycles. The van der Waals surface area contributed by atoms with Crippen LogP contribution in [0, 0.1) is 0 Å². The molecule has 2 atom stereocenters. The second-order valence-electron chi connectivity index (χ2n) is 7.46. The number of carbonyl (C=O) groups excluding carboxylic acids is 1. The molecule has 0 aromatic rings. The van der Waals surface area contributed by atoms with Crippen molar-refractivity contribution in [2.75, 3.05) is 0 Å². The van der Waals surface area contributed by atoms with Crippen molar-refractivity contribution < 1.29 is 19.8 Å². The zero-order chi connectivity index (χ0) is 20.3. The van der Waals surface area contributed by atoms with Gasteiger partial charge in [-0.1, -0.05) is 70.4 Å². The number of aliphatic carboxylic acids is 1.